The first-order chi connectivity index (χ1) is 22.3. The maximum absolute atomic E-state index is 13.7. The standard InChI is InChI=1S/C35H26ClN3O6S/c36-32-30(46-29-14-4-3-13-28(29)39(43)44)19-27-31(32)25-11-6-12-26(34(25)37-33(27)22-9-5-10-23(17-22)38(41)42)35(40)45-24-16-15-20-7-1-2-8-21(20)18-24/h1-18,27,30-33,37H,19H2/t27-,30-,31-,32-,33+/m1/s1. The SMILES string of the molecule is O=C(Oc1ccc2ccccc2c1)c1cccc2c1N[C@@H](c1cccc([N+](=O)[O-])c1)[C@@H]1C[C@@H](Sc3ccccc3[N+](=O)[O-])[C@@H](Cl)[C@H]21. The van der Waals surface area contributed by atoms with Crippen LogP contribution >= 0.6 is 23.4 Å². The summed E-state index contributed by atoms with van der Waals surface area (Å²) in [6, 6.07) is 31.3. The fraction of sp³-hybridized carbons (Fsp3) is 0.171. The third-order valence-corrected chi connectivity index (χ3v) is 10.9. The average Bonchev–Trinajstić information content (AvgIpc) is 3.39. The molecule has 0 spiro atoms. The summed E-state index contributed by atoms with van der Waals surface area (Å²) in [5.74, 6) is -0.520. The molecule has 46 heavy (non-hydrogen) atoms. The fourth-order valence-corrected chi connectivity index (χ4v) is 8.68. The van der Waals surface area contributed by atoms with Crippen LogP contribution in [0.5, 0.6) is 5.75 Å². The zero-order valence-corrected chi connectivity index (χ0v) is 25.7. The van der Waals surface area contributed by atoms with Crippen molar-refractivity contribution in [2.45, 2.75) is 33.9 Å². The van der Waals surface area contributed by atoms with Crippen molar-refractivity contribution < 1.29 is 19.4 Å². The predicted octanol–water partition coefficient (Wildman–Crippen LogP) is 8.91. The molecule has 0 saturated heterocycles. The van der Waals surface area contributed by atoms with Crippen molar-refractivity contribution in [2.24, 2.45) is 5.92 Å². The van der Waals surface area contributed by atoms with Crippen LogP contribution in [-0.2, 0) is 0 Å². The Kier molecular flexibility index (Phi) is 7.84. The highest BCUT2D eigenvalue weighted by atomic mass is 35.5. The van der Waals surface area contributed by atoms with Crippen LogP contribution < -0.4 is 10.1 Å². The number of nitrogens with zero attached hydrogens (tertiary/aromatic N) is 2. The van der Waals surface area contributed by atoms with Gasteiger partial charge in [-0.15, -0.1) is 23.4 Å². The summed E-state index contributed by atoms with van der Waals surface area (Å²) >= 11 is 8.64. The van der Waals surface area contributed by atoms with Crippen molar-refractivity contribution in [3.05, 3.63) is 146 Å². The first-order valence-electron chi connectivity index (χ1n) is 14.7. The van der Waals surface area contributed by atoms with Crippen LogP contribution in [0.25, 0.3) is 10.8 Å². The van der Waals surface area contributed by atoms with E-state index in [0.29, 0.717) is 33.9 Å². The Morgan fingerprint density at radius 1 is 0.848 bits per heavy atom. The summed E-state index contributed by atoms with van der Waals surface area (Å²) in [5, 5.41) is 28.3. The van der Waals surface area contributed by atoms with Crippen LogP contribution in [0.15, 0.2) is 114 Å². The van der Waals surface area contributed by atoms with Crippen molar-refractivity contribution in [3.63, 3.8) is 0 Å². The monoisotopic (exact) mass is 651 g/mol. The summed E-state index contributed by atoms with van der Waals surface area (Å²) in [4.78, 5) is 36.9. The summed E-state index contributed by atoms with van der Waals surface area (Å²) in [5.41, 5.74) is 2.37. The maximum atomic E-state index is 13.7. The van der Waals surface area contributed by atoms with Gasteiger partial charge < -0.3 is 10.1 Å². The van der Waals surface area contributed by atoms with Gasteiger partial charge in [0.15, 0.2) is 0 Å². The molecule has 2 aliphatic rings. The number of para-hydroxylation sites is 2. The third-order valence-electron chi connectivity index (χ3n) is 8.78. The van der Waals surface area contributed by atoms with Gasteiger partial charge in [0.2, 0.25) is 0 Å². The number of ether oxygens (including phenoxy) is 1. The molecule has 1 fully saturated rings. The number of esters is 1. The van der Waals surface area contributed by atoms with Crippen LogP contribution in [0.1, 0.15) is 39.9 Å². The van der Waals surface area contributed by atoms with Gasteiger partial charge in [-0.25, -0.2) is 4.79 Å². The minimum atomic E-state index is -0.550. The number of carbonyl (C=O) groups is 1. The number of alkyl halides is 1. The van der Waals surface area contributed by atoms with Crippen LogP contribution in [-0.4, -0.2) is 26.4 Å². The number of hydrogen-bond acceptors (Lipinski definition) is 8. The lowest BCUT2D eigenvalue weighted by atomic mass is 9.76. The second-order valence-corrected chi connectivity index (χ2v) is 13.2. The lowest BCUT2D eigenvalue weighted by molar-refractivity contribution is -0.387. The number of fused-ring (bicyclic) bond motifs is 4. The Morgan fingerprint density at radius 2 is 1.61 bits per heavy atom. The summed E-state index contributed by atoms with van der Waals surface area (Å²) in [6.45, 7) is 0. The first kappa shape index (κ1) is 29.8. The molecule has 1 aliphatic carbocycles. The van der Waals surface area contributed by atoms with E-state index in [0.717, 1.165) is 16.3 Å². The Labute approximate surface area is 272 Å². The van der Waals surface area contributed by atoms with Crippen LogP contribution in [0, 0.1) is 26.1 Å². The molecular formula is C35H26ClN3O6S. The van der Waals surface area contributed by atoms with Crippen LogP contribution in [0.2, 0.25) is 0 Å². The van der Waals surface area contributed by atoms with Gasteiger partial charge in [0.05, 0.1) is 37.4 Å². The Balaban J connectivity index is 1.28. The van der Waals surface area contributed by atoms with Gasteiger partial charge in [0.1, 0.15) is 5.75 Å². The second-order valence-electron chi connectivity index (χ2n) is 11.4. The van der Waals surface area contributed by atoms with Gasteiger partial charge in [-0.05, 0) is 58.5 Å². The number of carbonyl (C=O) groups excluding carboxylic acids is 1. The van der Waals surface area contributed by atoms with Gasteiger partial charge in [0.25, 0.3) is 11.4 Å². The highest BCUT2D eigenvalue weighted by molar-refractivity contribution is 8.00. The van der Waals surface area contributed by atoms with Crippen molar-refractivity contribution in [2.75, 3.05) is 5.32 Å². The van der Waals surface area contributed by atoms with Crippen molar-refractivity contribution >= 4 is 57.2 Å². The van der Waals surface area contributed by atoms with E-state index in [2.05, 4.69) is 5.32 Å². The zero-order chi connectivity index (χ0) is 31.9. The molecule has 5 aromatic rings. The highest BCUT2D eigenvalue weighted by Crippen LogP contribution is 2.58. The van der Waals surface area contributed by atoms with E-state index in [4.69, 9.17) is 16.3 Å². The molecule has 1 heterocycles. The quantitative estimate of drug-likeness (QED) is 0.0608. The number of rotatable bonds is 7. The molecule has 0 bridgehead atoms. The predicted molar refractivity (Wildman–Crippen MR) is 178 cm³/mol. The number of hydrogen-bond donors (Lipinski definition) is 1. The maximum Gasteiger partial charge on any atom is 0.345 e. The van der Waals surface area contributed by atoms with Crippen LogP contribution in [0.4, 0.5) is 17.1 Å². The van der Waals surface area contributed by atoms with E-state index in [1.807, 2.05) is 48.5 Å². The highest BCUT2D eigenvalue weighted by Gasteiger charge is 2.51. The minimum Gasteiger partial charge on any atom is -0.423 e. The number of non-ortho nitro benzene ring substituents is 1. The number of anilines is 1. The molecule has 230 valence electrons. The lowest BCUT2D eigenvalue weighted by Crippen LogP contribution is -2.32. The number of thioether (sulfide) groups is 1. The van der Waals surface area contributed by atoms with Gasteiger partial charge in [0, 0.05) is 29.4 Å². The molecule has 0 unspecified atom stereocenters. The molecule has 5 aromatic carbocycles. The zero-order valence-electron chi connectivity index (χ0n) is 24.1. The second kappa shape index (κ2) is 12.1. The molecular weight excluding hydrogens is 626 g/mol. The van der Waals surface area contributed by atoms with Crippen molar-refractivity contribution in [1.29, 1.82) is 0 Å². The van der Waals surface area contributed by atoms with E-state index >= 15 is 0 Å². The molecule has 0 aromatic heterocycles. The first-order valence-corrected chi connectivity index (χ1v) is 16.0. The molecule has 7 rings (SSSR count). The molecule has 1 aliphatic heterocycles. The van der Waals surface area contributed by atoms with E-state index in [-0.39, 0.29) is 28.5 Å². The van der Waals surface area contributed by atoms with E-state index < -0.39 is 27.2 Å². The molecule has 11 heteroatoms. The van der Waals surface area contributed by atoms with Gasteiger partial charge in [-0.2, -0.15) is 0 Å². The number of halogens is 1. The Bertz CT molecular complexity index is 2020. The number of nitrogens with one attached hydrogen (secondary N) is 1. The Morgan fingerprint density at radius 3 is 2.41 bits per heavy atom. The molecule has 0 amide bonds. The summed E-state index contributed by atoms with van der Waals surface area (Å²) in [7, 11) is 0. The van der Waals surface area contributed by atoms with Gasteiger partial charge in [-0.1, -0.05) is 66.7 Å². The van der Waals surface area contributed by atoms with Crippen LogP contribution in [0.3, 0.4) is 0 Å². The number of benzene rings is 5. The van der Waals surface area contributed by atoms with Gasteiger partial charge >= 0.3 is 5.97 Å². The van der Waals surface area contributed by atoms with Crippen molar-refractivity contribution in [3.8, 4) is 5.75 Å². The largest absolute Gasteiger partial charge is 0.423 e. The minimum absolute atomic E-state index is 0.0127. The molecule has 5 atom stereocenters. The fourth-order valence-electron chi connectivity index (χ4n) is 6.74. The third kappa shape index (κ3) is 5.44. The van der Waals surface area contributed by atoms with Gasteiger partial charge in [-0.3, -0.25) is 20.2 Å². The summed E-state index contributed by atoms with van der Waals surface area (Å²) < 4.78 is 5.87. The van der Waals surface area contributed by atoms with Crippen molar-refractivity contribution in [1.82, 2.24) is 0 Å². The van der Waals surface area contributed by atoms with E-state index in [9.17, 15) is 25.0 Å². The molecule has 1 saturated carbocycles. The smallest absolute Gasteiger partial charge is 0.345 e. The van der Waals surface area contributed by atoms with E-state index in [1.54, 1.807) is 48.5 Å². The van der Waals surface area contributed by atoms with E-state index in [1.165, 1.54) is 23.9 Å². The molecule has 1 N–H and O–H groups in total. The number of nitro benzene ring substituents is 2. The topological polar surface area (TPSA) is 125 Å². The average molecular weight is 652 g/mol. The normalized spacial score (nSPS) is 21.5. The summed E-state index contributed by atoms with van der Waals surface area (Å²) in [6.07, 6.45) is 0.584. The molecule has 9 nitrogen and oxygen atoms in total. The molecule has 0 radical (unpaired) electrons. The Hall–Kier alpha value is -4.93. The lowest BCUT2D eigenvalue weighted by Gasteiger charge is -2.39. The number of nitro groups is 2.